The summed E-state index contributed by atoms with van der Waals surface area (Å²) in [6.45, 7) is 0.0905. The van der Waals surface area contributed by atoms with Gasteiger partial charge in [0, 0.05) is 34.4 Å². The van der Waals surface area contributed by atoms with E-state index in [1.807, 2.05) is 0 Å². The lowest BCUT2D eigenvalue weighted by Gasteiger charge is -2.48. The van der Waals surface area contributed by atoms with Crippen LogP contribution in [0.3, 0.4) is 0 Å². The van der Waals surface area contributed by atoms with Gasteiger partial charge in [0.2, 0.25) is 0 Å². The van der Waals surface area contributed by atoms with E-state index in [-0.39, 0.29) is 6.71 Å². The molecule has 0 radical (unpaired) electrons. The van der Waals surface area contributed by atoms with Crippen LogP contribution in [-0.4, -0.2) is 12.8 Å². The predicted octanol–water partition coefficient (Wildman–Crippen LogP) is 12.8. The number of nitrogens with zero attached hydrogens (tertiary/aromatic N) is 2. The van der Waals surface area contributed by atoms with Gasteiger partial charge in [-0.3, -0.25) is 0 Å². The van der Waals surface area contributed by atoms with Crippen LogP contribution < -0.4 is 26.2 Å². The highest BCUT2D eigenvalue weighted by Gasteiger charge is 2.45. The van der Waals surface area contributed by atoms with E-state index in [4.69, 9.17) is 0 Å². The molecule has 3 heteroatoms. The Morgan fingerprint density at radius 3 is 1.56 bits per heavy atom. The second-order valence-electron chi connectivity index (χ2n) is 16.9. The molecule has 0 bridgehead atoms. The number of anilines is 5. The summed E-state index contributed by atoms with van der Waals surface area (Å²) >= 11 is 0. The van der Waals surface area contributed by atoms with E-state index in [0.717, 1.165) is 0 Å². The van der Waals surface area contributed by atoms with E-state index in [2.05, 4.69) is 174 Å². The Hall–Kier alpha value is -5.80. The fourth-order valence-corrected chi connectivity index (χ4v) is 10.9. The Bertz CT molecular complexity index is 2550. The maximum absolute atomic E-state index is 2.85. The fourth-order valence-electron chi connectivity index (χ4n) is 10.9. The number of hydrogen-bond acceptors (Lipinski definition) is 2. The van der Waals surface area contributed by atoms with E-state index in [1.54, 1.807) is 0 Å². The minimum atomic E-state index is 0.0905. The number of rotatable bonds is 6. The molecule has 2 saturated carbocycles. The molecule has 7 aromatic rings. The van der Waals surface area contributed by atoms with Crippen LogP contribution in [0.4, 0.5) is 28.4 Å². The van der Waals surface area contributed by atoms with E-state index in [0.29, 0.717) is 12.0 Å². The first-order valence-electron chi connectivity index (χ1n) is 21.6. The minimum Gasteiger partial charge on any atom is -0.339 e. The first-order valence-corrected chi connectivity index (χ1v) is 21.6. The maximum atomic E-state index is 2.85. The molecule has 57 heavy (non-hydrogen) atoms. The quantitative estimate of drug-likeness (QED) is 0.157. The van der Waals surface area contributed by atoms with Crippen LogP contribution in [0.25, 0.3) is 33.4 Å². The van der Waals surface area contributed by atoms with Gasteiger partial charge in [0.15, 0.2) is 0 Å². The van der Waals surface area contributed by atoms with Crippen molar-refractivity contribution in [1.82, 2.24) is 0 Å². The smallest absolute Gasteiger partial charge is 0.252 e. The second kappa shape index (κ2) is 14.6. The van der Waals surface area contributed by atoms with Crippen LogP contribution >= 0.6 is 0 Å². The first kappa shape index (κ1) is 34.5. The summed E-state index contributed by atoms with van der Waals surface area (Å²) in [4.78, 5) is 5.51. The minimum absolute atomic E-state index is 0.0905. The third-order valence-corrected chi connectivity index (χ3v) is 13.6. The number of benzene rings is 7. The number of para-hydroxylation sites is 1. The van der Waals surface area contributed by atoms with Crippen molar-refractivity contribution < 1.29 is 0 Å². The van der Waals surface area contributed by atoms with E-state index in [1.165, 1.54) is 148 Å². The largest absolute Gasteiger partial charge is 0.339 e. The molecule has 0 amide bonds. The Balaban J connectivity index is 1.23. The zero-order chi connectivity index (χ0) is 37.7. The fraction of sp³-hybridized carbons (Fsp3) is 0.222. The van der Waals surface area contributed by atoms with Gasteiger partial charge in [-0.15, -0.1) is 0 Å². The van der Waals surface area contributed by atoms with Gasteiger partial charge in [-0.1, -0.05) is 172 Å². The molecule has 7 aromatic carbocycles. The molecule has 0 N–H and O–H groups in total. The lowest BCUT2D eigenvalue weighted by atomic mass is 9.33. The van der Waals surface area contributed by atoms with Gasteiger partial charge in [0.05, 0.1) is 5.69 Å². The van der Waals surface area contributed by atoms with E-state index in [9.17, 15) is 0 Å². The van der Waals surface area contributed by atoms with Crippen molar-refractivity contribution in [3.05, 3.63) is 169 Å². The van der Waals surface area contributed by atoms with Crippen LogP contribution in [-0.2, 0) is 0 Å². The second-order valence-corrected chi connectivity index (χ2v) is 16.9. The van der Waals surface area contributed by atoms with Gasteiger partial charge in [0.1, 0.15) is 0 Å². The average Bonchev–Trinajstić information content (AvgIpc) is 3.30. The van der Waals surface area contributed by atoms with Gasteiger partial charge < -0.3 is 9.80 Å². The van der Waals surface area contributed by atoms with Gasteiger partial charge in [0.25, 0.3) is 6.71 Å². The van der Waals surface area contributed by atoms with Crippen LogP contribution in [0.2, 0.25) is 0 Å². The highest BCUT2D eigenvalue weighted by Crippen LogP contribution is 2.48. The molecule has 0 unspecified atom stereocenters. The van der Waals surface area contributed by atoms with E-state index >= 15 is 0 Å². The van der Waals surface area contributed by atoms with Gasteiger partial charge in [-0.2, -0.15) is 0 Å². The molecule has 2 aliphatic heterocycles. The molecule has 278 valence electrons. The summed E-state index contributed by atoms with van der Waals surface area (Å²) in [6.07, 6.45) is 13.0. The summed E-state index contributed by atoms with van der Waals surface area (Å²) in [5.74, 6) is 0.585. The van der Waals surface area contributed by atoms with Crippen molar-refractivity contribution in [1.29, 1.82) is 0 Å². The highest BCUT2D eigenvalue weighted by atomic mass is 15.2. The van der Waals surface area contributed by atoms with Crippen LogP contribution in [0.5, 0.6) is 0 Å². The summed E-state index contributed by atoms with van der Waals surface area (Å²) in [6, 6.07) is 62.7. The Kier molecular flexibility index (Phi) is 8.83. The van der Waals surface area contributed by atoms with Crippen LogP contribution in [0, 0.1) is 0 Å². The molecule has 0 atom stereocenters. The van der Waals surface area contributed by atoms with Crippen molar-refractivity contribution in [2.24, 2.45) is 0 Å². The summed E-state index contributed by atoms with van der Waals surface area (Å²) in [7, 11) is 0. The molecular weight excluding hydrogens is 687 g/mol. The predicted molar refractivity (Wildman–Crippen MR) is 243 cm³/mol. The van der Waals surface area contributed by atoms with Gasteiger partial charge in [-0.25, -0.2) is 0 Å². The van der Waals surface area contributed by atoms with Crippen LogP contribution in [0.1, 0.15) is 75.7 Å². The first-order chi connectivity index (χ1) is 28.3. The van der Waals surface area contributed by atoms with Crippen molar-refractivity contribution in [2.75, 3.05) is 9.80 Å². The SMILES string of the molecule is c1ccc(-c2ccc3c(c2)B2c4cc(-c5ccccc5)ccc4N(C4CCCCC4)c4cc(C5CCCCC5)cc(c42)N3c2ccccc2-c2ccccc2)cc1. The molecule has 2 heterocycles. The molecule has 4 aliphatic rings. The number of hydrogen-bond donors (Lipinski definition) is 0. The molecular formula is C54H49BN2. The van der Waals surface area contributed by atoms with Gasteiger partial charge >= 0.3 is 0 Å². The zero-order valence-electron chi connectivity index (χ0n) is 32.8. The van der Waals surface area contributed by atoms with Crippen molar-refractivity contribution in [3.63, 3.8) is 0 Å². The lowest BCUT2D eigenvalue weighted by molar-refractivity contribution is 0.435. The van der Waals surface area contributed by atoms with Gasteiger partial charge in [-0.05, 0) is 112 Å². The normalized spacial score (nSPS) is 16.5. The molecule has 2 nitrogen and oxygen atoms in total. The highest BCUT2D eigenvalue weighted by molar-refractivity contribution is 7.00. The standard InChI is InChI=1S/C54H49BN2/c1-6-18-38(19-7-1)42-30-32-50-47(34-42)55-48-35-43(39-20-8-2-9-21-39)31-33-51(48)57(49-29-17-16-28-46(49)41-24-12-4-13-25-41)53-37-44(40-22-10-3-11-23-40)36-52(54(53)55)56(50)45-26-14-5-15-27-45/h1-2,4,6-9,12-13,16-21,24-25,28-37,40,45H,3,5,10-11,14-15,22-23,26-27H2. The lowest BCUT2D eigenvalue weighted by Crippen LogP contribution is -2.63. The molecule has 2 aliphatic carbocycles. The third kappa shape index (κ3) is 6.02. The topological polar surface area (TPSA) is 6.48 Å². The van der Waals surface area contributed by atoms with E-state index < -0.39 is 0 Å². The van der Waals surface area contributed by atoms with Crippen LogP contribution in [0.15, 0.2) is 164 Å². The summed E-state index contributed by atoms with van der Waals surface area (Å²) in [5.41, 5.74) is 20.1. The maximum Gasteiger partial charge on any atom is 0.252 e. The average molecular weight is 737 g/mol. The monoisotopic (exact) mass is 736 g/mol. The Morgan fingerprint density at radius 2 is 0.912 bits per heavy atom. The summed E-state index contributed by atoms with van der Waals surface area (Å²) < 4.78 is 0. The summed E-state index contributed by atoms with van der Waals surface area (Å²) in [5, 5.41) is 0. The van der Waals surface area contributed by atoms with Crippen molar-refractivity contribution >= 4 is 51.5 Å². The zero-order valence-corrected chi connectivity index (χ0v) is 32.8. The Labute approximate surface area is 338 Å². The molecule has 0 saturated heterocycles. The number of fused-ring (bicyclic) bond motifs is 4. The van der Waals surface area contributed by atoms with Crippen molar-refractivity contribution in [2.45, 2.75) is 76.2 Å². The molecule has 0 aromatic heterocycles. The molecule has 11 rings (SSSR count). The Morgan fingerprint density at radius 1 is 0.386 bits per heavy atom. The molecule has 2 fully saturated rings. The molecule has 0 spiro atoms. The third-order valence-electron chi connectivity index (χ3n) is 13.6. The van der Waals surface area contributed by atoms with Crippen molar-refractivity contribution in [3.8, 4) is 33.4 Å².